The van der Waals surface area contributed by atoms with Crippen molar-refractivity contribution in [3.63, 3.8) is 0 Å². The quantitative estimate of drug-likeness (QED) is 0.691. The molecular weight excluding hydrogens is 208 g/mol. The van der Waals surface area contributed by atoms with Crippen molar-refractivity contribution in [1.29, 1.82) is 0 Å². The Hall–Kier alpha value is -0.890. The number of nitrogens with zero attached hydrogens (tertiary/aromatic N) is 1. The van der Waals surface area contributed by atoms with E-state index in [1.807, 2.05) is 12.3 Å². The number of hydrogen-bond acceptors (Lipinski definition) is 2. The van der Waals surface area contributed by atoms with E-state index in [1.54, 1.807) is 0 Å². The molecule has 17 heavy (non-hydrogen) atoms. The minimum Gasteiger partial charge on any atom is -0.309 e. The molecule has 0 aliphatic carbocycles. The van der Waals surface area contributed by atoms with Crippen LogP contribution in [0.4, 0.5) is 0 Å². The van der Waals surface area contributed by atoms with Gasteiger partial charge in [-0.05, 0) is 31.9 Å². The number of hydrogen-bond donors (Lipinski definition) is 1. The van der Waals surface area contributed by atoms with Crippen molar-refractivity contribution in [2.45, 2.75) is 65.5 Å². The van der Waals surface area contributed by atoms with Crippen LogP contribution in [0, 0.1) is 6.92 Å². The van der Waals surface area contributed by atoms with Crippen LogP contribution in [0.3, 0.4) is 0 Å². The summed E-state index contributed by atoms with van der Waals surface area (Å²) in [6.45, 7) is 7.54. The lowest BCUT2D eigenvalue weighted by Crippen LogP contribution is -2.26. The molecule has 1 aromatic heterocycles. The van der Waals surface area contributed by atoms with Crippen LogP contribution < -0.4 is 5.32 Å². The highest BCUT2D eigenvalue weighted by Gasteiger charge is 2.03. The molecule has 1 aromatic rings. The molecule has 2 heteroatoms. The van der Waals surface area contributed by atoms with Crippen molar-refractivity contribution in [3.05, 3.63) is 29.6 Å². The predicted octanol–water partition coefficient (Wildman–Crippen LogP) is 3.84. The van der Waals surface area contributed by atoms with Gasteiger partial charge in [-0.1, -0.05) is 38.7 Å². The second-order valence-corrected chi connectivity index (χ2v) is 4.90. The zero-order valence-electron chi connectivity index (χ0n) is 11.5. The molecule has 0 aliphatic rings. The van der Waals surface area contributed by atoms with Crippen LogP contribution in [-0.4, -0.2) is 11.0 Å². The Kier molecular flexibility index (Phi) is 6.87. The number of aromatic nitrogens is 1. The maximum absolute atomic E-state index is 4.40. The lowest BCUT2D eigenvalue weighted by atomic mass is 10.1. The van der Waals surface area contributed by atoms with E-state index in [4.69, 9.17) is 0 Å². The highest BCUT2D eigenvalue weighted by molar-refractivity contribution is 5.17. The molecule has 0 saturated carbocycles. The zero-order chi connectivity index (χ0) is 12.5. The first kappa shape index (κ1) is 14.2. The van der Waals surface area contributed by atoms with Gasteiger partial charge in [-0.2, -0.15) is 0 Å². The summed E-state index contributed by atoms with van der Waals surface area (Å²) in [5, 5.41) is 3.55. The summed E-state index contributed by atoms with van der Waals surface area (Å²) in [4.78, 5) is 4.40. The fourth-order valence-electron chi connectivity index (χ4n) is 1.95. The Labute approximate surface area is 106 Å². The van der Waals surface area contributed by atoms with Crippen LogP contribution >= 0.6 is 0 Å². The number of aryl methyl sites for hydroxylation is 1. The second-order valence-electron chi connectivity index (χ2n) is 4.90. The molecule has 1 unspecified atom stereocenters. The van der Waals surface area contributed by atoms with Crippen molar-refractivity contribution in [3.8, 4) is 0 Å². The summed E-state index contributed by atoms with van der Waals surface area (Å²) in [5.74, 6) is 0. The largest absolute Gasteiger partial charge is 0.309 e. The molecule has 0 bridgehead atoms. The minimum absolute atomic E-state index is 0.591. The highest BCUT2D eigenvalue weighted by Crippen LogP contribution is 2.07. The molecule has 0 saturated heterocycles. The van der Waals surface area contributed by atoms with Crippen LogP contribution in [0.2, 0.25) is 0 Å². The van der Waals surface area contributed by atoms with E-state index < -0.39 is 0 Å². The lowest BCUT2D eigenvalue weighted by Gasteiger charge is -2.14. The van der Waals surface area contributed by atoms with E-state index in [2.05, 4.69) is 37.1 Å². The average molecular weight is 234 g/mol. The Balaban J connectivity index is 2.19. The molecule has 0 radical (unpaired) electrons. The molecule has 0 amide bonds. The van der Waals surface area contributed by atoms with Gasteiger partial charge in [0.25, 0.3) is 0 Å². The minimum atomic E-state index is 0.591. The molecule has 0 fully saturated rings. The topological polar surface area (TPSA) is 24.9 Å². The van der Waals surface area contributed by atoms with Crippen molar-refractivity contribution >= 4 is 0 Å². The third-order valence-electron chi connectivity index (χ3n) is 3.23. The SMILES string of the molecule is CCCCCCC(C)NCc1ncccc1C. The van der Waals surface area contributed by atoms with Crippen molar-refractivity contribution in [1.82, 2.24) is 10.3 Å². The Bertz CT molecular complexity index is 310. The maximum Gasteiger partial charge on any atom is 0.0570 e. The van der Waals surface area contributed by atoms with E-state index in [-0.39, 0.29) is 0 Å². The fourth-order valence-corrected chi connectivity index (χ4v) is 1.95. The van der Waals surface area contributed by atoms with E-state index >= 15 is 0 Å². The fraction of sp³-hybridized carbons (Fsp3) is 0.667. The third-order valence-corrected chi connectivity index (χ3v) is 3.23. The predicted molar refractivity (Wildman–Crippen MR) is 74.0 cm³/mol. The van der Waals surface area contributed by atoms with Gasteiger partial charge >= 0.3 is 0 Å². The molecule has 1 rings (SSSR count). The first-order valence-corrected chi connectivity index (χ1v) is 6.88. The Morgan fingerprint density at radius 3 is 2.82 bits per heavy atom. The molecule has 1 atom stereocenters. The van der Waals surface area contributed by atoms with Crippen molar-refractivity contribution < 1.29 is 0 Å². The summed E-state index contributed by atoms with van der Waals surface area (Å²) in [6.07, 6.45) is 8.52. The lowest BCUT2D eigenvalue weighted by molar-refractivity contribution is 0.479. The first-order valence-electron chi connectivity index (χ1n) is 6.88. The monoisotopic (exact) mass is 234 g/mol. The second kappa shape index (κ2) is 8.24. The summed E-state index contributed by atoms with van der Waals surface area (Å²) in [6, 6.07) is 4.71. The standard InChI is InChI=1S/C15H26N2/c1-4-5-6-7-10-14(3)17-12-15-13(2)9-8-11-16-15/h8-9,11,14,17H,4-7,10,12H2,1-3H3. The molecule has 96 valence electrons. The van der Waals surface area contributed by atoms with Gasteiger partial charge < -0.3 is 5.32 Å². The maximum atomic E-state index is 4.40. The molecule has 0 spiro atoms. The van der Waals surface area contributed by atoms with Gasteiger partial charge in [0.1, 0.15) is 0 Å². The Morgan fingerprint density at radius 2 is 2.12 bits per heavy atom. The van der Waals surface area contributed by atoms with E-state index in [0.717, 1.165) is 6.54 Å². The van der Waals surface area contributed by atoms with Crippen LogP contribution in [0.5, 0.6) is 0 Å². The van der Waals surface area contributed by atoms with Crippen molar-refractivity contribution in [2.75, 3.05) is 0 Å². The molecule has 0 aromatic carbocycles. The zero-order valence-corrected chi connectivity index (χ0v) is 11.5. The highest BCUT2D eigenvalue weighted by atomic mass is 14.9. The number of unbranched alkanes of at least 4 members (excludes halogenated alkanes) is 3. The smallest absolute Gasteiger partial charge is 0.0570 e. The van der Waals surface area contributed by atoms with Gasteiger partial charge in [0.15, 0.2) is 0 Å². The summed E-state index contributed by atoms with van der Waals surface area (Å²) < 4.78 is 0. The van der Waals surface area contributed by atoms with Gasteiger partial charge in [0, 0.05) is 18.8 Å². The van der Waals surface area contributed by atoms with E-state index in [1.165, 1.54) is 43.4 Å². The molecule has 1 N–H and O–H groups in total. The van der Waals surface area contributed by atoms with Crippen LogP contribution in [0.1, 0.15) is 57.2 Å². The summed E-state index contributed by atoms with van der Waals surface area (Å²) >= 11 is 0. The van der Waals surface area contributed by atoms with E-state index in [0.29, 0.717) is 6.04 Å². The molecule has 1 heterocycles. The van der Waals surface area contributed by atoms with Crippen LogP contribution in [-0.2, 0) is 6.54 Å². The normalized spacial score (nSPS) is 12.6. The van der Waals surface area contributed by atoms with Crippen LogP contribution in [0.15, 0.2) is 18.3 Å². The van der Waals surface area contributed by atoms with Crippen molar-refractivity contribution in [2.24, 2.45) is 0 Å². The first-order chi connectivity index (χ1) is 8.24. The number of nitrogens with one attached hydrogen (secondary N) is 1. The summed E-state index contributed by atoms with van der Waals surface area (Å²) in [7, 11) is 0. The van der Waals surface area contributed by atoms with Gasteiger partial charge in [0.05, 0.1) is 5.69 Å². The number of pyridine rings is 1. The molecule has 2 nitrogen and oxygen atoms in total. The molecular formula is C15H26N2. The summed E-state index contributed by atoms with van der Waals surface area (Å²) in [5.41, 5.74) is 2.45. The van der Waals surface area contributed by atoms with Gasteiger partial charge in [0.2, 0.25) is 0 Å². The number of rotatable bonds is 8. The van der Waals surface area contributed by atoms with E-state index in [9.17, 15) is 0 Å². The Morgan fingerprint density at radius 1 is 1.29 bits per heavy atom. The third kappa shape index (κ3) is 5.83. The van der Waals surface area contributed by atoms with Crippen LogP contribution in [0.25, 0.3) is 0 Å². The van der Waals surface area contributed by atoms with Gasteiger partial charge in [-0.25, -0.2) is 0 Å². The average Bonchev–Trinajstić information content (AvgIpc) is 2.34. The molecule has 0 aliphatic heterocycles. The van der Waals surface area contributed by atoms with Gasteiger partial charge in [-0.15, -0.1) is 0 Å². The van der Waals surface area contributed by atoms with Gasteiger partial charge in [-0.3, -0.25) is 4.98 Å².